The van der Waals surface area contributed by atoms with Gasteiger partial charge < -0.3 is 24.5 Å². The van der Waals surface area contributed by atoms with Crippen molar-refractivity contribution in [2.24, 2.45) is 13.0 Å². The third kappa shape index (κ3) is 2.69. The number of aliphatic hydroxyl groups is 1. The van der Waals surface area contributed by atoms with Crippen LogP contribution < -0.4 is 34.7 Å². The van der Waals surface area contributed by atoms with Crippen molar-refractivity contribution in [2.45, 2.75) is 25.5 Å². The smallest absolute Gasteiger partial charge is 0.543 e. The molecule has 1 fully saturated rings. The summed E-state index contributed by atoms with van der Waals surface area (Å²) in [5, 5.41) is 23.7. The van der Waals surface area contributed by atoms with Crippen LogP contribution in [0.3, 0.4) is 0 Å². The van der Waals surface area contributed by atoms with Crippen molar-refractivity contribution >= 4 is 39.3 Å². The van der Waals surface area contributed by atoms with Gasteiger partial charge in [0.2, 0.25) is 5.91 Å². The van der Waals surface area contributed by atoms with Crippen LogP contribution in [-0.4, -0.2) is 43.6 Å². The van der Waals surface area contributed by atoms with Crippen molar-refractivity contribution in [3.05, 3.63) is 47.9 Å². The minimum atomic E-state index is -1.37. The fourth-order valence-corrected chi connectivity index (χ4v) is 4.77. The Morgan fingerprint density at radius 1 is 1.28 bits per heavy atom. The van der Waals surface area contributed by atoms with E-state index >= 15 is 0 Å². The van der Waals surface area contributed by atoms with Gasteiger partial charge in [-0.05, 0) is 42.7 Å². The molecule has 142 valence electrons. The Bertz CT molecular complexity index is 1210. The zero-order valence-corrected chi connectivity index (χ0v) is 18.4. The number of carbonyl (C=O) groups excluding carboxylic acids is 2. The molecule has 1 N–H and O–H groups in total. The van der Waals surface area contributed by atoms with Gasteiger partial charge in [-0.3, -0.25) is 9.78 Å². The zero-order chi connectivity index (χ0) is 19.7. The molecular weight excluding hydrogens is 381 g/mol. The van der Waals surface area contributed by atoms with E-state index < -0.39 is 18.0 Å². The van der Waals surface area contributed by atoms with Gasteiger partial charge in [-0.2, -0.15) is 0 Å². The minimum absolute atomic E-state index is 0. The van der Waals surface area contributed by atoms with Crippen LogP contribution in [0.15, 0.2) is 42.4 Å². The largest absolute Gasteiger partial charge is 1.00 e. The molecule has 3 aromatic rings. The molecule has 7 nitrogen and oxygen atoms in total. The first-order chi connectivity index (χ1) is 13.4. The van der Waals surface area contributed by atoms with Gasteiger partial charge in [0.15, 0.2) is 0 Å². The number of amides is 1. The Hall–Kier alpha value is -2.19. The van der Waals surface area contributed by atoms with Crippen molar-refractivity contribution in [1.29, 1.82) is 0 Å². The molecule has 0 saturated carbocycles. The van der Waals surface area contributed by atoms with Gasteiger partial charge in [0.1, 0.15) is 0 Å². The van der Waals surface area contributed by atoms with Gasteiger partial charge in [-0.25, -0.2) is 0 Å². The maximum atomic E-state index is 12.4. The Balaban J connectivity index is 0.00000205. The summed E-state index contributed by atoms with van der Waals surface area (Å²) < 4.78 is 2.07. The number of pyridine rings is 1. The number of hydrogen-bond donors (Lipinski definition) is 1. The fourth-order valence-electron chi connectivity index (χ4n) is 4.77. The summed E-state index contributed by atoms with van der Waals surface area (Å²) in [5.41, 5.74) is 3.29. The van der Waals surface area contributed by atoms with E-state index in [2.05, 4.69) is 9.55 Å². The second kappa shape index (κ2) is 6.95. The third-order valence-electron chi connectivity index (χ3n) is 6.08. The number of aliphatic hydroxyl groups excluding tert-OH is 1. The summed E-state index contributed by atoms with van der Waals surface area (Å²) >= 11 is 0. The van der Waals surface area contributed by atoms with Gasteiger partial charge in [0.05, 0.1) is 35.2 Å². The molecule has 1 aromatic carbocycles. The molecule has 2 aliphatic heterocycles. The number of carboxylic acids is 1. The van der Waals surface area contributed by atoms with Crippen molar-refractivity contribution in [1.82, 2.24) is 14.5 Å². The van der Waals surface area contributed by atoms with Crippen LogP contribution >= 0.6 is 0 Å². The normalized spacial score (nSPS) is 21.9. The van der Waals surface area contributed by atoms with E-state index in [1.165, 1.54) is 4.90 Å². The molecule has 0 unspecified atom stereocenters. The molecule has 0 radical (unpaired) electrons. The zero-order valence-electron chi connectivity index (χ0n) is 16.4. The summed E-state index contributed by atoms with van der Waals surface area (Å²) in [6.45, 7) is 1.56. The first-order valence-electron chi connectivity index (χ1n) is 9.18. The molecule has 8 heteroatoms. The number of aliphatic carboxylic acids is 1. The van der Waals surface area contributed by atoms with Crippen molar-refractivity contribution in [3.8, 4) is 0 Å². The number of benzene rings is 1. The third-order valence-corrected chi connectivity index (χ3v) is 6.08. The average Bonchev–Trinajstić information content (AvgIpc) is 3.15. The molecule has 2 aromatic heterocycles. The first kappa shape index (κ1) is 20.1. The van der Waals surface area contributed by atoms with Crippen LogP contribution in [0.1, 0.15) is 18.9 Å². The summed E-state index contributed by atoms with van der Waals surface area (Å²) in [4.78, 5) is 29.7. The maximum Gasteiger partial charge on any atom is 1.00 e. The number of hydrogen-bond acceptors (Lipinski definition) is 5. The predicted molar refractivity (Wildman–Crippen MR) is 101 cm³/mol. The summed E-state index contributed by atoms with van der Waals surface area (Å²) in [7, 11) is 1.98. The Kier molecular flexibility index (Phi) is 4.82. The Labute approximate surface area is 188 Å². The summed E-state index contributed by atoms with van der Waals surface area (Å²) in [6, 6.07) is 7.38. The van der Waals surface area contributed by atoms with Crippen LogP contribution in [0.25, 0.3) is 27.4 Å². The number of nitrogens with zero attached hydrogens (tertiary/aromatic N) is 3. The van der Waals surface area contributed by atoms with Gasteiger partial charge in [0, 0.05) is 35.7 Å². The Morgan fingerprint density at radius 3 is 2.69 bits per heavy atom. The van der Waals surface area contributed by atoms with Crippen LogP contribution in [0, 0.1) is 5.92 Å². The molecule has 4 heterocycles. The first-order valence-corrected chi connectivity index (χ1v) is 9.18. The number of carbonyl (C=O) groups is 2. The number of aromatic nitrogens is 2. The van der Waals surface area contributed by atoms with Crippen molar-refractivity contribution in [3.63, 3.8) is 0 Å². The molecular formula is C21H18N3NaO4. The van der Waals surface area contributed by atoms with Crippen LogP contribution in [0.5, 0.6) is 0 Å². The summed E-state index contributed by atoms with van der Waals surface area (Å²) in [6.07, 6.45) is 3.11. The molecule has 1 saturated heterocycles. The number of fused-ring (bicyclic) bond motifs is 4. The molecule has 0 bridgehead atoms. The van der Waals surface area contributed by atoms with Crippen molar-refractivity contribution in [2.75, 3.05) is 0 Å². The fraction of sp³-hybridized carbons (Fsp3) is 0.286. The number of β-lactam (4-membered cyclic amide) rings is 1. The van der Waals surface area contributed by atoms with E-state index in [-0.39, 0.29) is 47.2 Å². The minimum Gasteiger partial charge on any atom is -0.543 e. The van der Waals surface area contributed by atoms with E-state index in [4.69, 9.17) is 0 Å². The molecule has 0 aliphatic carbocycles. The van der Waals surface area contributed by atoms with Gasteiger partial charge in [-0.1, -0.05) is 6.07 Å². The molecule has 1 amide bonds. The monoisotopic (exact) mass is 399 g/mol. The molecule has 29 heavy (non-hydrogen) atoms. The van der Waals surface area contributed by atoms with E-state index in [9.17, 15) is 19.8 Å². The van der Waals surface area contributed by atoms with E-state index in [1.54, 1.807) is 19.3 Å². The van der Waals surface area contributed by atoms with Gasteiger partial charge in [-0.15, -0.1) is 0 Å². The molecule has 0 spiro atoms. The van der Waals surface area contributed by atoms with E-state index in [0.717, 1.165) is 27.4 Å². The SMILES string of the molecule is C[C@@H](O)[C@H]1C(=O)N2C(C(=O)[O-])=C(c3ccc4c(c3)c3cnccc3n4C)C[C@H]12.[Na+]. The summed E-state index contributed by atoms with van der Waals surface area (Å²) in [5.74, 6) is -2.29. The molecule has 2 aliphatic rings. The predicted octanol–water partition coefficient (Wildman–Crippen LogP) is -2.20. The number of rotatable bonds is 3. The number of aryl methyl sites for hydroxylation is 1. The van der Waals surface area contributed by atoms with Crippen molar-refractivity contribution < 1.29 is 49.4 Å². The van der Waals surface area contributed by atoms with Crippen LogP contribution in [0.2, 0.25) is 0 Å². The topological polar surface area (TPSA) is 98.5 Å². The van der Waals surface area contributed by atoms with Crippen LogP contribution in [0.4, 0.5) is 0 Å². The maximum absolute atomic E-state index is 12.4. The van der Waals surface area contributed by atoms with Gasteiger partial charge in [0.25, 0.3) is 0 Å². The second-order valence-electron chi connectivity index (χ2n) is 7.54. The Morgan fingerprint density at radius 2 is 2.00 bits per heavy atom. The molecule has 5 rings (SSSR count). The van der Waals surface area contributed by atoms with Crippen LogP contribution in [-0.2, 0) is 16.6 Å². The second-order valence-corrected chi connectivity index (χ2v) is 7.54. The average molecular weight is 399 g/mol. The van der Waals surface area contributed by atoms with E-state index in [1.807, 2.05) is 31.3 Å². The van der Waals surface area contributed by atoms with Gasteiger partial charge >= 0.3 is 29.6 Å². The standard InChI is InChI=1S/C21H19N3O4.Na/c1-10(25)18-17-8-12(19(21(27)28)24(17)20(18)26)11-3-4-15-13(7-11)14-9-22-6-5-16(14)23(15)2;/h3-7,9-10,17-18,25H,8H2,1-2H3,(H,27,28);/q;+1/p-1/t10-,17-,18-;/m1./s1. The quantitative estimate of drug-likeness (QED) is 0.398. The number of carboxylic acid groups (broad SMARTS) is 1. The van der Waals surface area contributed by atoms with E-state index in [0.29, 0.717) is 12.0 Å². The molecule has 3 atom stereocenters.